The van der Waals surface area contributed by atoms with Crippen molar-refractivity contribution >= 4 is 17.6 Å². The van der Waals surface area contributed by atoms with Crippen LogP contribution in [0.15, 0.2) is 30.6 Å². The van der Waals surface area contributed by atoms with Crippen LogP contribution >= 0.6 is 0 Å². The lowest BCUT2D eigenvalue weighted by Crippen LogP contribution is -2.41. The molecular formula is C22H24F4N4O2. The molecule has 10 heteroatoms. The van der Waals surface area contributed by atoms with Gasteiger partial charge in [-0.15, -0.1) is 0 Å². The maximum Gasteiger partial charge on any atom is 0.417 e. The maximum absolute atomic E-state index is 14.4. The highest BCUT2D eigenvalue weighted by molar-refractivity contribution is 5.97. The summed E-state index contributed by atoms with van der Waals surface area (Å²) in [5.41, 5.74) is 0.393. The van der Waals surface area contributed by atoms with Gasteiger partial charge in [-0.1, -0.05) is 20.8 Å². The molecule has 3 rings (SSSR count). The van der Waals surface area contributed by atoms with Crippen LogP contribution in [0, 0.1) is 11.7 Å². The van der Waals surface area contributed by atoms with Gasteiger partial charge in [0.2, 0.25) is 0 Å². The molecule has 32 heavy (non-hydrogen) atoms. The number of rotatable bonds is 7. The van der Waals surface area contributed by atoms with Gasteiger partial charge in [0.25, 0.3) is 0 Å². The zero-order valence-electron chi connectivity index (χ0n) is 18.0. The Labute approximate surface area is 183 Å². The van der Waals surface area contributed by atoms with E-state index < -0.39 is 35.4 Å². The Kier molecular flexibility index (Phi) is 6.80. The predicted molar refractivity (Wildman–Crippen MR) is 110 cm³/mol. The van der Waals surface area contributed by atoms with Crippen molar-refractivity contribution in [1.29, 1.82) is 0 Å². The highest BCUT2D eigenvalue weighted by Crippen LogP contribution is 2.33. The fourth-order valence-corrected chi connectivity index (χ4v) is 3.67. The van der Waals surface area contributed by atoms with Gasteiger partial charge >= 0.3 is 12.2 Å². The summed E-state index contributed by atoms with van der Waals surface area (Å²) >= 11 is 0. The van der Waals surface area contributed by atoms with Crippen molar-refractivity contribution < 1.29 is 27.2 Å². The van der Waals surface area contributed by atoms with Crippen LogP contribution in [-0.2, 0) is 23.8 Å². The molecule has 2 aromatic rings. The largest absolute Gasteiger partial charge is 0.417 e. The Hall–Kier alpha value is -3.04. The van der Waals surface area contributed by atoms with Gasteiger partial charge in [-0.25, -0.2) is 14.2 Å². The van der Waals surface area contributed by atoms with E-state index in [-0.39, 0.29) is 31.2 Å². The van der Waals surface area contributed by atoms with Crippen molar-refractivity contribution in [3.63, 3.8) is 0 Å². The number of ketones is 1. The number of carbonyl (C=O) groups excluding carboxylic acids is 2. The van der Waals surface area contributed by atoms with Gasteiger partial charge in [0.1, 0.15) is 0 Å². The number of alkyl halides is 3. The third-order valence-corrected chi connectivity index (χ3v) is 5.44. The Morgan fingerprint density at radius 3 is 2.56 bits per heavy atom. The number of hydrogen-bond donors (Lipinski definition) is 0. The molecule has 0 N–H and O–H groups in total. The third kappa shape index (κ3) is 5.05. The molecule has 1 saturated heterocycles. The first kappa shape index (κ1) is 23.6. The van der Waals surface area contributed by atoms with Crippen LogP contribution in [0.1, 0.15) is 37.6 Å². The van der Waals surface area contributed by atoms with Crippen LogP contribution in [0.2, 0.25) is 0 Å². The summed E-state index contributed by atoms with van der Waals surface area (Å²) in [5.74, 6) is -2.05. The number of urea groups is 1. The van der Waals surface area contributed by atoms with Crippen molar-refractivity contribution in [3.05, 3.63) is 53.2 Å². The smallest absolute Gasteiger partial charge is 0.312 e. The fourth-order valence-electron chi connectivity index (χ4n) is 3.67. The van der Waals surface area contributed by atoms with Crippen LogP contribution in [0.3, 0.4) is 0 Å². The van der Waals surface area contributed by atoms with Gasteiger partial charge in [-0.05, 0) is 36.1 Å². The Morgan fingerprint density at radius 2 is 1.97 bits per heavy atom. The molecule has 6 nitrogen and oxygen atoms in total. The molecule has 1 fully saturated rings. The second-order valence-electron chi connectivity index (χ2n) is 8.08. The first-order chi connectivity index (χ1) is 15.0. The molecule has 0 spiro atoms. The summed E-state index contributed by atoms with van der Waals surface area (Å²) in [5, 5.41) is 0. The molecule has 0 aromatic carbocycles. The predicted octanol–water partition coefficient (Wildman–Crippen LogP) is 4.28. The number of aromatic nitrogens is 2. The Bertz CT molecular complexity index is 1010. The van der Waals surface area contributed by atoms with Gasteiger partial charge in [-0.3, -0.25) is 14.7 Å². The van der Waals surface area contributed by atoms with Crippen molar-refractivity contribution in [1.82, 2.24) is 14.9 Å². The lowest BCUT2D eigenvalue weighted by Gasteiger charge is -2.25. The molecule has 2 amide bonds. The molecule has 172 valence electrons. The minimum absolute atomic E-state index is 0.0165. The summed E-state index contributed by atoms with van der Waals surface area (Å²) in [6.07, 6.45) is -1.79. The summed E-state index contributed by atoms with van der Waals surface area (Å²) in [7, 11) is 0. The van der Waals surface area contributed by atoms with E-state index in [1.807, 2.05) is 32.9 Å². The molecule has 1 atom stereocenters. The van der Waals surface area contributed by atoms with E-state index in [2.05, 4.69) is 9.97 Å². The number of Topliss-reactive ketones (excluding diaryl/α,β-unsaturated/α-hetero) is 1. The van der Waals surface area contributed by atoms with Crippen molar-refractivity contribution in [3.8, 4) is 0 Å². The first-order valence-corrected chi connectivity index (χ1v) is 10.3. The van der Waals surface area contributed by atoms with E-state index in [9.17, 15) is 27.2 Å². The highest BCUT2D eigenvalue weighted by Gasteiger charge is 2.42. The molecule has 0 aliphatic carbocycles. The van der Waals surface area contributed by atoms with Crippen LogP contribution in [0.4, 0.5) is 28.2 Å². The molecule has 2 aromatic heterocycles. The number of aryl methyl sites for hydroxylation is 1. The van der Waals surface area contributed by atoms with Gasteiger partial charge in [-0.2, -0.15) is 13.2 Å². The van der Waals surface area contributed by atoms with E-state index in [0.717, 1.165) is 16.9 Å². The molecule has 3 heterocycles. The topological polar surface area (TPSA) is 66.4 Å². The number of amides is 2. The molecule has 1 aliphatic heterocycles. The first-order valence-electron chi connectivity index (χ1n) is 10.3. The second kappa shape index (κ2) is 9.22. The molecular weight excluding hydrogens is 428 g/mol. The number of hydrogen-bond acceptors (Lipinski definition) is 4. The van der Waals surface area contributed by atoms with Crippen LogP contribution in [-0.4, -0.2) is 45.8 Å². The summed E-state index contributed by atoms with van der Waals surface area (Å²) in [6, 6.07) is 2.91. The highest BCUT2D eigenvalue weighted by atomic mass is 19.4. The second-order valence-corrected chi connectivity index (χ2v) is 8.08. The molecule has 0 bridgehead atoms. The van der Waals surface area contributed by atoms with Crippen molar-refractivity contribution in [2.24, 2.45) is 5.92 Å². The number of anilines is 1. The summed E-state index contributed by atoms with van der Waals surface area (Å²) in [4.78, 5) is 35.7. The molecule has 0 radical (unpaired) electrons. The Morgan fingerprint density at radius 1 is 1.25 bits per heavy atom. The van der Waals surface area contributed by atoms with E-state index >= 15 is 0 Å². The van der Waals surface area contributed by atoms with Gasteiger partial charge < -0.3 is 4.90 Å². The van der Waals surface area contributed by atoms with Gasteiger partial charge in [0, 0.05) is 18.1 Å². The van der Waals surface area contributed by atoms with E-state index in [4.69, 9.17) is 0 Å². The van der Waals surface area contributed by atoms with Crippen LogP contribution in [0.25, 0.3) is 0 Å². The zero-order chi connectivity index (χ0) is 23.6. The average Bonchev–Trinajstić information content (AvgIpc) is 3.03. The molecule has 0 saturated carbocycles. The minimum Gasteiger partial charge on any atom is -0.312 e. The lowest BCUT2D eigenvalue weighted by molar-refractivity contribution is -0.138. The maximum atomic E-state index is 14.4. The Balaban J connectivity index is 1.79. The number of pyridine rings is 2. The number of nitrogens with zero attached hydrogens (tertiary/aromatic N) is 4. The zero-order valence-corrected chi connectivity index (χ0v) is 18.0. The fraction of sp³-hybridized carbons (Fsp3) is 0.455. The van der Waals surface area contributed by atoms with Crippen molar-refractivity contribution in [2.45, 2.75) is 45.8 Å². The SMILES string of the molecule is CCc1ccnc(CC(=O)CN2C(=O)N(c3ncc(C(F)(F)F)cc3F)C[C@@H]2C(C)C)c1. The molecule has 0 unspecified atom stereocenters. The number of carbonyl (C=O) groups is 2. The van der Waals surface area contributed by atoms with E-state index in [1.165, 1.54) is 4.90 Å². The minimum atomic E-state index is -4.75. The van der Waals surface area contributed by atoms with E-state index in [1.54, 1.807) is 6.20 Å². The van der Waals surface area contributed by atoms with Crippen molar-refractivity contribution in [2.75, 3.05) is 18.0 Å². The van der Waals surface area contributed by atoms with Crippen LogP contribution in [0.5, 0.6) is 0 Å². The number of halogens is 4. The third-order valence-electron chi connectivity index (χ3n) is 5.44. The van der Waals surface area contributed by atoms with Crippen LogP contribution < -0.4 is 4.90 Å². The standard InChI is InChI=1S/C22H24F4N4O2/c1-4-14-5-6-27-16(7-14)9-17(31)11-29-19(13(2)3)12-30(21(29)32)20-18(23)8-15(10-28-20)22(24,25)26/h5-8,10,13,19H,4,9,11-12H2,1-3H3/t19-/m1/s1. The monoisotopic (exact) mass is 452 g/mol. The lowest BCUT2D eigenvalue weighted by atomic mass is 10.0. The van der Waals surface area contributed by atoms with E-state index in [0.29, 0.717) is 18.0 Å². The summed E-state index contributed by atoms with van der Waals surface area (Å²) in [6.45, 7) is 5.49. The summed E-state index contributed by atoms with van der Waals surface area (Å²) < 4.78 is 52.9. The van der Waals surface area contributed by atoms with Gasteiger partial charge in [0.15, 0.2) is 17.4 Å². The van der Waals surface area contributed by atoms with Gasteiger partial charge in [0.05, 0.1) is 31.1 Å². The molecule has 1 aliphatic rings. The average molecular weight is 452 g/mol. The normalized spacial score (nSPS) is 16.9. The quantitative estimate of drug-likeness (QED) is 0.589.